The number of hydrogen-bond donors (Lipinski definition) is 2. The predicted molar refractivity (Wildman–Crippen MR) is 112 cm³/mol. The molecule has 1 heterocycles. The number of hydrogen-bond acceptors (Lipinski definition) is 2. The monoisotopic (exact) mass is 442 g/mol. The Morgan fingerprint density at radius 3 is 2.54 bits per heavy atom. The van der Waals surface area contributed by atoms with Crippen LogP contribution in [0.25, 0.3) is 10.9 Å². The second-order valence-corrected chi connectivity index (χ2v) is 14.5. The molecule has 2 N–H and O–H groups in total. The Morgan fingerprint density at radius 2 is 2.00 bits per heavy atom. The van der Waals surface area contributed by atoms with E-state index in [-0.39, 0.29) is 23.2 Å². The van der Waals surface area contributed by atoms with Crippen LogP contribution in [0.5, 0.6) is 0 Å². The van der Waals surface area contributed by atoms with Crippen molar-refractivity contribution >= 4 is 46.7 Å². The average molecular weight is 443 g/mol. The van der Waals surface area contributed by atoms with Crippen LogP contribution in [0.1, 0.15) is 39.0 Å². The number of aryl methyl sites for hydroxylation is 1. The summed E-state index contributed by atoms with van der Waals surface area (Å²) in [7, 11) is -2.01. The number of halogens is 2. The van der Waals surface area contributed by atoms with E-state index in [1.165, 1.54) is 0 Å². The van der Waals surface area contributed by atoms with Crippen LogP contribution >= 0.6 is 15.9 Å². The molecule has 144 valence electrons. The molecule has 1 aromatic carbocycles. The molecule has 1 unspecified atom stereocenters. The number of aromatic amines is 1. The predicted octanol–water partition coefficient (Wildman–Crippen LogP) is 5.86. The molecule has 1 aromatic heterocycles. The fraction of sp³-hybridized carbons (Fsp3) is 0.526. The van der Waals surface area contributed by atoms with Gasteiger partial charge in [0.25, 0.3) is 0 Å². The zero-order valence-corrected chi connectivity index (χ0v) is 19.1. The molecule has 1 amide bonds. The molecular weight excluding hydrogens is 415 g/mol. The molecule has 0 aliphatic rings. The number of amides is 1. The highest BCUT2D eigenvalue weighted by molar-refractivity contribution is 9.10. The molecule has 1 atom stereocenters. The van der Waals surface area contributed by atoms with E-state index in [9.17, 15) is 4.79 Å². The molecule has 0 saturated heterocycles. The number of aromatic nitrogens is 1. The molecule has 26 heavy (non-hydrogen) atoms. The summed E-state index contributed by atoms with van der Waals surface area (Å²) in [6, 6.07) is 3.74. The summed E-state index contributed by atoms with van der Waals surface area (Å²) in [5, 5.41) is 3.60. The Morgan fingerprint density at radius 1 is 1.38 bits per heavy atom. The molecule has 4 nitrogen and oxygen atoms in total. The number of benzene rings is 1. The SMILES string of the molecule is Cc1cc2cc(CO[Si](C)(C)C(C)(C)C)c(F)c(NC(=O)C(C)Br)c2[nH]1. The number of fused-ring (bicyclic) bond motifs is 1. The second-order valence-electron chi connectivity index (χ2n) is 8.30. The molecule has 0 saturated carbocycles. The lowest BCUT2D eigenvalue weighted by Crippen LogP contribution is -2.40. The molecule has 0 aliphatic heterocycles. The summed E-state index contributed by atoms with van der Waals surface area (Å²) in [5.74, 6) is -0.737. The number of alkyl halides is 1. The first kappa shape index (κ1) is 21.1. The Kier molecular flexibility index (Phi) is 6.05. The van der Waals surface area contributed by atoms with Gasteiger partial charge in [0, 0.05) is 16.6 Å². The number of nitrogens with one attached hydrogen (secondary N) is 2. The first-order chi connectivity index (χ1) is 11.8. The minimum absolute atomic E-state index is 0.0424. The van der Waals surface area contributed by atoms with Crippen LogP contribution in [0.4, 0.5) is 10.1 Å². The van der Waals surface area contributed by atoms with Gasteiger partial charge >= 0.3 is 0 Å². The van der Waals surface area contributed by atoms with E-state index in [1.54, 1.807) is 13.0 Å². The topological polar surface area (TPSA) is 54.1 Å². The molecule has 2 aromatic rings. The van der Waals surface area contributed by atoms with E-state index in [1.807, 2.05) is 13.0 Å². The van der Waals surface area contributed by atoms with Crippen LogP contribution in [-0.4, -0.2) is 24.0 Å². The summed E-state index contributed by atoms with van der Waals surface area (Å²) in [6.45, 7) is 14.5. The Hall–Kier alpha value is -1.18. The van der Waals surface area contributed by atoms with Gasteiger partial charge in [0.2, 0.25) is 5.91 Å². The maximum Gasteiger partial charge on any atom is 0.238 e. The highest BCUT2D eigenvalue weighted by atomic mass is 79.9. The largest absolute Gasteiger partial charge is 0.412 e. The van der Waals surface area contributed by atoms with Crippen molar-refractivity contribution in [3.63, 3.8) is 0 Å². The first-order valence-electron chi connectivity index (χ1n) is 8.73. The van der Waals surface area contributed by atoms with Gasteiger partial charge in [0.1, 0.15) is 5.69 Å². The summed E-state index contributed by atoms with van der Waals surface area (Å²) < 4.78 is 21.4. The van der Waals surface area contributed by atoms with E-state index >= 15 is 4.39 Å². The van der Waals surface area contributed by atoms with Crippen molar-refractivity contribution < 1.29 is 13.6 Å². The minimum atomic E-state index is -2.01. The molecule has 0 radical (unpaired) electrons. The standard InChI is InChI=1S/C19H28BrFN2O2Si/c1-11-8-13-9-14(10-25-26(6,7)19(3,4)5)15(21)17(16(13)22-11)23-18(24)12(2)20/h8-9,12,22H,10H2,1-7H3,(H,23,24). The third-order valence-electron chi connectivity index (χ3n) is 5.07. The van der Waals surface area contributed by atoms with Crippen LogP contribution in [0.2, 0.25) is 18.1 Å². The molecular formula is C19H28BrFN2O2Si. The summed E-state index contributed by atoms with van der Waals surface area (Å²) in [4.78, 5) is 14.8. The Labute approximate surface area is 164 Å². The van der Waals surface area contributed by atoms with Gasteiger partial charge in [-0.3, -0.25) is 4.79 Å². The number of H-pyrrole nitrogens is 1. The quantitative estimate of drug-likeness (QED) is 0.449. The maximum atomic E-state index is 15.2. The number of carbonyl (C=O) groups excluding carboxylic acids is 1. The van der Waals surface area contributed by atoms with Gasteiger partial charge in [0.15, 0.2) is 14.1 Å². The average Bonchev–Trinajstić information content (AvgIpc) is 2.87. The summed E-state index contributed by atoms with van der Waals surface area (Å²) >= 11 is 3.22. The van der Waals surface area contributed by atoms with Crippen LogP contribution in [0.3, 0.4) is 0 Å². The van der Waals surface area contributed by atoms with Gasteiger partial charge in [-0.25, -0.2) is 4.39 Å². The Bertz CT molecular complexity index is 825. The third-order valence-corrected chi connectivity index (χ3v) is 9.96. The lowest BCUT2D eigenvalue weighted by molar-refractivity contribution is -0.115. The first-order valence-corrected chi connectivity index (χ1v) is 12.6. The van der Waals surface area contributed by atoms with Gasteiger partial charge in [-0.1, -0.05) is 36.7 Å². The van der Waals surface area contributed by atoms with Crippen LogP contribution in [0, 0.1) is 12.7 Å². The minimum Gasteiger partial charge on any atom is -0.412 e. The van der Waals surface area contributed by atoms with Crippen LogP contribution in [-0.2, 0) is 15.8 Å². The van der Waals surface area contributed by atoms with E-state index in [0.717, 1.165) is 11.1 Å². The normalized spacial score (nSPS) is 13.9. The van der Waals surface area contributed by atoms with Gasteiger partial charge in [-0.2, -0.15) is 0 Å². The highest BCUT2D eigenvalue weighted by Crippen LogP contribution is 2.38. The molecule has 0 aliphatic carbocycles. The number of carbonyl (C=O) groups is 1. The van der Waals surface area contributed by atoms with Crippen LogP contribution < -0.4 is 5.32 Å². The molecule has 7 heteroatoms. The summed E-state index contributed by atoms with van der Waals surface area (Å²) in [6.07, 6.45) is 0. The number of rotatable bonds is 5. The van der Waals surface area contributed by atoms with Crippen molar-refractivity contribution in [1.29, 1.82) is 0 Å². The van der Waals surface area contributed by atoms with Crippen molar-refractivity contribution in [1.82, 2.24) is 4.98 Å². The zero-order valence-electron chi connectivity index (χ0n) is 16.5. The van der Waals surface area contributed by atoms with E-state index in [2.05, 4.69) is 60.1 Å². The van der Waals surface area contributed by atoms with Crippen LogP contribution in [0.15, 0.2) is 12.1 Å². The lowest BCUT2D eigenvalue weighted by atomic mass is 10.1. The lowest BCUT2D eigenvalue weighted by Gasteiger charge is -2.36. The fourth-order valence-electron chi connectivity index (χ4n) is 2.37. The van der Waals surface area contributed by atoms with E-state index in [0.29, 0.717) is 11.1 Å². The maximum absolute atomic E-state index is 15.2. The van der Waals surface area contributed by atoms with Crippen molar-refractivity contribution in [2.75, 3.05) is 5.32 Å². The van der Waals surface area contributed by atoms with Crippen molar-refractivity contribution in [2.45, 2.75) is 64.2 Å². The van der Waals surface area contributed by atoms with E-state index in [4.69, 9.17) is 4.43 Å². The molecule has 2 rings (SSSR count). The van der Waals surface area contributed by atoms with Crippen molar-refractivity contribution in [3.05, 3.63) is 29.2 Å². The van der Waals surface area contributed by atoms with Gasteiger partial charge in [0.05, 0.1) is 17.0 Å². The second kappa shape index (κ2) is 7.44. The summed E-state index contributed by atoms with van der Waals surface area (Å²) in [5.41, 5.74) is 2.14. The highest BCUT2D eigenvalue weighted by Gasteiger charge is 2.37. The van der Waals surface area contributed by atoms with Gasteiger partial charge in [-0.15, -0.1) is 0 Å². The molecule has 0 spiro atoms. The fourth-order valence-corrected chi connectivity index (χ4v) is 3.44. The van der Waals surface area contributed by atoms with Crippen molar-refractivity contribution in [2.24, 2.45) is 0 Å². The number of anilines is 1. The Balaban J connectivity index is 2.44. The smallest absolute Gasteiger partial charge is 0.238 e. The van der Waals surface area contributed by atoms with Gasteiger partial charge < -0.3 is 14.7 Å². The zero-order chi connectivity index (χ0) is 19.9. The van der Waals surface area contributed by atoms with E-state index < -0.39 is 19.0 Å². The molecule has 0 bridgehead atoms. The molecule has 0 fully saturated rings. The van der Waals surface area contributed by atoms with Gasteiger partial charge in [-0.05, 0) is 44.1 Å². The van der Waals surface area contributed by atoms with Crippen molar-refractivity contribution in [3.8, 4) is 0 Å². The third kappa shape index (κ3) is 4.38.